The molecule has 0 aliphatic heterocycles. The standard InChI is InChI=1S/C23H29ClN2O3/c1-5-17(3)25-23(28)18(4)26(14-19-8-6-7-9-21(19)24)22(27)15-29-20-12-10-16(2)11-13-20/h6-13,17-18H,5,14-15H2,1-4H3,(H,25,28)/t17-,18+/m1/s1. The summed E-state index contributed by atoms with van der Waals surface area (Å²) in [5, 5.41) is 3.49. The van der Waals surface area contributed by atoms with E-state index in [0.717, 1.165) is 17.5 Å². The van der Waals surface area contributed by atoms with Crippen LogP contribution in [-0.4, -0.2) is 35.4 Å². The summed E-state index contributed by atoms with van der Waals surface area (Å²) in [6.07, 6.45) is 0.813. The molecule has 0 bridgehead atoms. The third kappa shape index (κ3) is 6.79. The topological polar surface area (TPSA) is 58.6 Å². The summed E-state index contributed by atoms with van der Waals surface area (Å²) in [5.74, 6) is 0.130. The fourth-order valence-corrected chi connectivity index (χ4v) is 2.92. The van der Waals surface area contributed by atoms with Gasteiger partial charge in [-0.2, -0.15) is 0 Å². The van der Waals surface area contributed by atoms with Gasteiger partial charge in [0.05, 0.1) is 0 Å². The molecule has 0 aliphatic carbocycles. The highest BCUT2D eigenvalue weighted by molar-refractivity contribution is 6.31. The molecule has 0 saturated heterocycles. The van der Waals surface area contributed by atoms with Gasteiger partial charge in [-0.1, -0.05) is 54.4 Å². The monoisotopic (exact) mass is 416 g/mol. The van der Waals surface area contributed by atoms with Gasteiger partial charge in [0.1, 0.15) is 11.8 Å². The first kappa shape index (κ1) is 22.8. The maximum Gasteiger partial charge on any atom is 0.261 e. The van der Waals surface area contributed by atoms with Crippen molar-refractivity contribution in [1.29, 1.82) is 0 Å². The Morgan fingerprint density at radius 1 is 1.10 bits per heavy atom. The predicted octanol–water partition coefficient (Wildman–Crippen LogP) is 4.36. The van der Waals surface area contributed by atoms with Gasteiger partial charge in [-0.25, -0.2) is 0 Å². The van der Waals surface area contributed by atoms with Gasteiger partial charge in [-0.3, -0.25) is 9.59 Å². The number of ether oxygens (including phenoxy) is 1. The molecule has 156 valence electrons. The molecular weight excluding hydrogens is 388 g/mol. The molecule has 2 aromatic rings. The molecule has 6 heteroatoms. The first-order valence-corrected chi connectivity index (χ1v) is 10.2. The SMILES string of the molecule is CC[C@@H](C)NC(=O)[C@H](C)N(Cc1ccccc1Cl)C(=O)COc1ccc(C)cc1. The molecule has 29 heavy (non-hydrogen) atoms. The normalized spacial score (nSPS) is 12.7. The molecule has 2 atom stereocenters. The Bertz CT molecular complexity index is 823. The lowest BCUT2D eigenvalue weighted by atomic mass is 10.1. The molecule has 0 aliphatic rings. The van der Waals surface area contributed by atoms with Crippen molar-refractivity contribution < 1.29 is 14.3 Å². The van der Waals surface area contributed by atoms with Crippen LogP contribution in [0.2, 0.25) is 5.02 Å². The van der Waals surface area contributed by atoms with E-state index in [2.05, 4.69) is 5.32 Å². The molecule has 1 N–H and O–H groups in total. The summed E-state index contributed by atoms with van der Waals surface area (Å²) in [6, 6.07) is 14.2. The number of amides is 2. The second kappa shape index (κ2) is 10.9. The second-order valence-corrected chi connectivity index (χ2v) is 7.62. The Morgan fingerprint density at radius 3 is 2.38 bits per heavy atom. The molecule has 2 amide bonds. The van der Waals surface area contributed by atoms with Crippen molar-refractivity contribution in [3.05, 3.63) is 64.7 Å². The Morgan fingerprint density at radius 2 is 1.76 bits per heavy atom. The average molecular weight is 417 g/mol. The van der Waals surface area contributed by atoms with E-state index in [-0.39, 0.29) is 31.0 Å². The fraction of sp³-hybridized carbons (Fsp3) is 0.391. The summed E-state index contributed by atoms with van der Waals surface area (Å²) in [6.45, 7) is 7.71. The molecule has 0 radical (unpaired) electrons. The van der Waals surface area contributed by atoms with Crippen LogP contribution in [0.4, 0.5) is 0 Å². The average Bonchev–Trinajstić information content (AvgIpc) is 2.71. The maximum absolute atomic E-state index is 13.0. The van der Waals surface area contributed by atoms with E-state index in [1.807, 2.05) is 63.2 Å². The van der Waals surface area contributed by atoms with Crippen molar-refractivity contribution >= 4 is 23.4 Å². The van der Waals surface area contributed by atoms with Gasteiger partial charge < -0.3 is 15.0 Å². The molecule has 0 saturated carbocycles. The molecule has 0 aromatic heterocycles. The van der Waals surface area contributed by atoms with E-state index in [1.54, 1.807) is 13.0 Å². The van der Waals surface area contributed by atoms with E-state index < -0.39 is 6.04 Å². The van der Waals surface area contributed by atoms with Crippen LogP contribution in [0.25, 0.3) is 0 Å². The van der Waals surface area contributed by atoms with Crippen molar-refractivity contribution in [2.45, 2.75) is 52.7 Å². The van der Waals surface area contributed by atoms with Crippen LogP contribution < -0.4 is 10.1 Å². The number of rotatable bonds is 9. The van der Waals surface area contributed by atoms with E-state index in [4.69, 9.17) is 16.3 Å². The van der Waals surface area contributed by atoms with Crippen LogP contribution in [0.15, 0.2) is 48.5 Å². The molecular formula is C23H29ClN2O3. The van der Waals surface area contributed by atoms with Crippen molar-refractivity contribution in [2.24, 2.45) is 0 Å². The van der Waals surface area contributed by atoms with Crippen LogP contribution >= 0.6 is 11.6 Å². The van der Waals surface area contributed by atoms with Gasteiger partial charge in [-0.15, -0.1) is 0 Å². The number of carbonyl (C=O) groups is 2. The smallest absolute Gasteiger partial charge is 0.261 e. The van der Waals surface area contributed by atoms with Crippen molar-refractivity contribution in [3.8, 4) is 5.75 Å². The summed E-state index contributed by atoms with van der Waals surface area (Å²) >= 11 is 6.28. The van der Waals surface area contributed by atoms with Gasteiger partial charge >= 0.3 is 0 Å². The van der Waals surface area contributed by atoms with Crippen molar-refractivity contribution in [3.63, 3.8) is 0 Å². The van der Waals surface area contributed by atoms with Gasteiger partial charge in [0.2, 0.25) is 5.91 Å². The molecule has 0 unspecified atom stereocenters. The molecule has 2 rings (SSSR count). The zero-order chi connectivity index (χ0) is 21.4. The van der Waals surface area contributed by atoms with Crippen LogP contribution in [-0.2, 0) is 16.1 Å². The largest absolute Gasteiger partial charge is 0.484 e. The number of carbonyl (C=O) groups excluding carboxylic acids is 2. The molecule has 0 fully saturated rings. The lowest BCUT2D eigenvalue weighted by Crippen LogP contribution is -2.50. The molecule has 0 heterocycles. The highest BCUT2D eigenvalue weighted by Crippen LogP contribution is 2.19. The number of nitrogens with zero attached hydrogens (tertiary/aromatic N) is 1. The highest BCUT2D eigenvalue weighted by Gasteiger charge is 2.27. The minimum absolute atomic E-state index is 0.0334. The third-order valence-corrected chi connectivity index (χ3v) is 5.22. The predicted molar refractivity (Wildman–Crippen MR) is 116 cm³/mol. The van der Waals surface area contributed by atoms with Gasteiger partial charge in [0.25, 0.3) is 5.91 Å². The zero-order valence-corrected chi connectivity index (χ0v) is 18.2. The maximum atomic E-state index is 13.0. The zero-order valence-electron chi connectivity index (χ0n) is 17.4. The van der Waals surface area contributed by atoms with Crippen molar-refractivity contribution in [1.82, 2.24) is 10.2 Å². The summed E-state index contributed by atoms with van der Waals surface area (Å²) < 4.78 is 5.65. The molecule has 5 nitrogen and oxygen atoms in total. The minimum atomic E-state index is -0.658. The molecule has 2 aromatic carbocycles. The van der Waals surface area contributed by atoms with Gasteiger partial charge in [0, 0.05) is 17.6 Å². The van der Waals surface area contributed by atoms with E-state index in [1.165, 1.54) is 4.90 Å². The number of benzene rings is 2. The van der Waals surface area contributed by atoms with E-state index in [0.29, 0.717) is 10.8 Å². The Balaban J connectivity index is 2.15. The first-order valence-electron chi connectivity index (χ1n) is 9.84. The van der Waals surface area contributed by atoms with Gasteiger partial charge in [0.15, 0.2) is 6.61 Å². The minimum Gasteiger partial charge on any atom is -0.484 e. The number of aryl methyl sites for hydroxylation is 1. The Kier molecular flexibility index (Phi) is 8.52. The van der Waals surface area contributed by atoms with Crippen LogP contribution in [0.3, 0.4) is 0 Å². The highest BCUT2D eigenvalue weighted by atomic mass is 35.5. The number of halogens is 1. The van der Waals surface area contributed by atoms with Crippen LogP contribution in [0, 0.1) is 6.92 Å². The summed E-state index contributed by atoms with van der Waals surface area (Å²) in [7, 11) is 0. The third-order valence-electron chi connectivity index (χ3n) is 4.85. The Hall–Kier alpha value is -2.53. The lowest BCUT2D eigenvalue weighted by molar-refractivity contribution is -0.142. The second-order valence-electron chi connectivity index (χ2n) is 7.21. The number of hydrogen-bond donors (Lipinski definition) is 1. The summed E-state index contributed by atoms with van der Waals surface area (Å²) in [5.41, 5.74) is 1.89. The number of hydrogen-bond acceptors (Lipinski definition) is 3. The van der Waals surface area contributed by atoms with Crippen LogP contribution in [0.1, 0.15) is 38.3 Å². The van der Waals surface area contributed by atoms with E-state index >= 15 is 0 Å². The molecule has 0 spiro atoms. The first-order chi connectivity index (χ1) is 13.8. The quantitative estimate of drug-likeness (QED) is 0.660. The van der Waals surface area contributed by atoms with Crippen molar-refractivity contribution in [2.75, 3.05) is 6.61 Å². The van der Waals surface area contributed by atoms with E-state index in [9.17, 15) is 9.59 Å². The lowest BCUT2D eigenvalue weighted by Gasteiger charge is -2.30. The summed E-state index contributed by atoms with van der Waals surface area (Å²) in [4.78, 5) is 27.2. The van der Waals surface area contributed by atoms with Crippen LogP contribution in [0.5, 0.6) is 5.75 Å². The Labute approximate surface area is 178 Å². The van der Waals surface area contributed by atoms with Gasteiger partial charge in [-0.05, 0) is 51.0 Å². The number of nitrogens with one attached hydrogen (secondary N) is 1. The fourth-order valence-electron chi connectivity index (χ4n) is 2.72.